The Morgan fingerprint density at radius 1 is 1.62 bits per heavy atom. The molecule has 0 spiro atoms. The molecule has 0 aromatic rings. The second kappa shape index (κ2) is 4.07. The lowest BCUT2D eigenvalue weighted by molar-refractivity contribution is -0.124. The minimum atomic E-state index is 0.109. The summed E-state index contributed by atoms with van der Waals surface area (Å²) in [5, 5.41) is 2.80. The second-order valence-corrected chi connectivity index (χ2v) is 4.43. The van der Waals surface area contributed by atoms with Gasteiger partial charge in [0.2, 0.25) is 5.91 Å². The van der Waals surface area contributed by atoms with E-state index >= 15 is 0 Å². The highest BCUT2D eigenvalue weighted by Crippen LogP contribution is 2.14. The Morgan fingerprint density at radius 3 is 2.85 bits per heavy atom. The molecule has 4 nitrogen and oxygen atoms in total. The number of hydrogen-bond donors (Lipinski definition) is 2. The Labute approximate surface area is 79.5 Å². The molecule has 13 heavy (non-hydrogen) atoms. The molecule has 1 amide bonds. The number of piperazine rings is 1. The first-order valence-corrected chi connectivity index (χ1v) is 4.73. The van der Waals surface area contributed by atoms with E-state index < -0.39 is 0 Å². The minimum Gasteiger partial charge on any atom is -0.354 e. The predicted molar refractivity (Wildman–Crippen MR) is 52.3 cm³/mol. The molecular weight excluding hydrogens is 166 g/mol. The van der Waals surface area contributed by atoms with Gasteiger partial charge in [0.1, 0.15) is 0 Å². The summed E-state index contributed by atoms with van der Waals surface area (Å²) in [5.41, 5.74) is 5.74. The summed E-state index contributed by atoms with van der Waals surface area (Å²) in [6, 6.07) is 0. The van der Waals surface area contributed by atoms with E-state index in [1.807, 2.05) is 0 Å². The monoisotopic (exact) mass is 185 g/mol. The summed E-state index contributed by atoms with van der Waals surface area (Å²) in [6.07, 6.45) is 0. The number of carbonyl (C=O) groups is 1. The van der Waals surface area contributed by atoms with E-state index in [2.05, 4.69) is 24.1 Å². The summed E-state index contributed by atoms with van der Waals surface area (Å²) >= 11 is 0. The lowest BCUT2D eigenvalue weighted by atomic mass is 9.93. The topological polar surface area (TPSA) is 58.4 Å². The van der Waals surface area contributed by atoms with Gasteiger partial charge in [-0.1, -0.05) is 13.8 Å². The van der Waals surface area contributed by atoms with Gasteiger partial charge in [-0.15, -0.1) is 0 Å². The molecule has 1 fully saturated rings. The van der Waals surface area contributed by atoms with Crippen LogP contribution >= 0.6 is 0 Å². The molecule has 1 saturated heterocycles. The molecule has 0 saturated carbocycles. The van der Waals surface area contributed by atoms with Crippen molar-refractivity contribution in [2.45, 2.75) is 13.8 Å². The SMILES string of the molecule is CC(C)(CN)CN1CCNC(=O)C1. The maximum atomic E-state index is 11.1. The Kier molecular flexibility index (Phi) is 3.27. The summed E-state index contributed by atoms with van der Waals surface area (Å²) in [6.45, 7) is 8.03. The fraction of sp³-hybridized carbons (Fsp3) is 0.889. The first-order chi connectivity index (χ1) is 6.03. The maximum absolute atomic E-state index is 11.1. The molecular formula is C9H19N3O. The van der Waals surface area contributed by atoms with Crippen molar-refractivity contribution in [3.63, 3.8) is 0 Å². The minimum absolute atomic E-state index is 0.109. The van der Waals surface area contributed by atoms with Crippen molar-refractivity contribution in [3.05, 3.63) is 0 Å². The van der Waals surface area contributed by atoms with E-state index in [-0.39, 0.29) is 11.3 Å². The van der Waals surface area contributed by atoms with Gasteiger partial charge in [0.15, 0.2) is 0 Å². The number of carbonyl (C=O) groups excluding carboxylic acids is 1. The van der Waals surface area contributed by atoms with Gasteiger partial charge in [-0.3, -0.25) is 9.69 Å². The third-order valence-electron chi connectivity index (χ3n) is 2.32. The van der Waals surface area contributed by atoms with E-state index in [1.165, 1.54) is 0 Å². The zero-order chi connectivity index (χ0) is 9.90. The molecule has 0 radical (unpaired) electrons. The smallest absolute Gasteiger partial charge is 0.234 e. The van der Waals surface area contributed by atoms with E-state index in [9.17, 15) is 4.79 Å². The summed E-state index contributed by atoms with van der Waals surface area (Å²) in [5.74, 6) is 0.124. The summed E-state index contributed by atoms with van der Waals surface area (Å²) in [4.78, 5) is 13.2. The first kappa shape index (κ1) is 10.5. The zero-order valence-corrected chi connectivity index (χ0v) is 8.47. The van der Waals surface area contributed by atoms with E-state index in [1.54, 1.807) is 0 Å². The Balaban J connectivity index is 2.40. The Bertz CT molecular complexity index is 191. The zero-order valence-electron chi connectivity index (χ0n) is 8.47. The van der Waals surface area contributed by atoms with Crippen LogP contribution in [0.25, 0.3) is 0 Å². The highest BCUT2D eigenvalue weighted by molar-refractivity contribution is 5.78. The van der Waals surface area contributed by atoms with Gasteiger partial charge < -0.3 is 11.1 Å². The molecule has 0 aromatic carbocycles. The molecule has 0 bridgehead atoms. The van der Waals surface area contributed by atoms with E-state index in [0.717, 1.165) is 19.6 Å². The van der Waals surface area contributed by atoms with Gasteiger partial charge in [0, 0.05) is 19.6 Å². The van der Waals surface area contributed by atoms with E-state index in [0.29, 0.717) is 13.1 Å². The highest BCUT2D eigenvalue weighted by Gasteiger charge is 2.23. The maximum Gasteiger partial charge on any atom is 0.234 e. The van der Waals surface area contributed by atoms with Crippen LogP contribution < -0.4 is 11.1 Å². The van der Waals surface area contributed by atoms with Crippen LogP contribution in [0.5, 0.6) is 0 Å². The van der Waals surface area contributed by atoms with Crippen LogP contribution in [0.2, 0.25) is 0 Å². The van der Waals surface area contributed by atoms with Gasteiger partial charge in [-0.2, -0.15) is 0 Å². The molecule has 1 heterocycles. The van der Waals surface area contributed by atoms with Gasteiger partial charge >= 0.3 is 0 Å². The molecule has 4 heteroatoms. The number of hydrogen-bond acceptors (Lipinski definition) is 3. The van der Waals surface area contributed by atoms with Crippen LogP contribution in [0, 0.1) is 5.41 Å². The van der Waals surface area contributed by atoms with Crippen LogP contribution in [-0.2, 0) is 4.79 Å². The van der Waals surface area contributed by atoms with E-state index in [4.69, 9.17) is 5.73 Å². The van der Waals surface area contributed by atoms with Gasteiger partial charge in [-0.25, -0.2) is 0 Å². The molecule has 3 N–H and O–H groups in total. The van der Waals surface area contributed by atoms with Crippen LogP contribution in [0.3, 0.4) is 0 Å². The van der Waals surface area contributed by atoms with Crippen molar-refractivity contribution in [2.75, 3.05) is 32.7 Å². The van der Waals surface area contributed by atoms with Crippen molar-refractivity contribution in [1.82, 2.24) is 10.2 Å². The standard InChI is InChI=1S/C9H19N3O/c1-9(2,6-10)7-12-4-3-11-8(13)5-12/h3-7,10H2,1-2H3,(H,11,13). The average Bonchev–Trinajstić information content (AvgIpc) is 2.03. The fourth-order valence-electron chi connectivity index (χ4n) is 1.50. The normalized spacial score (nSPS) is 20.1. The van der Waals surface area contributed by atoms with Crippen molar-refractivity contribution in [3.8, 4) is 0 Å². The second-order valence-electron chi connectivity index (χ2n) is 4.43. The fourth-order valence-corrected chi connectivity index (χ4v) is 1.50. The third-order valence-corrected chi connectivity index (χ3v) is 2.32. The van der Waals surface area contributed by atoms with Crippen molar-refractivity contribution < 1.29 is 4.79 Å². The van der Waals surface area contributed by atoms with Gasteiger partial charge in [0.25, 0.3) is 0 Å². The average molecular weight is 185 g/mol. The van der Waals surface area contributed by atoms with Crippen LogP contribution in [0.1, 0.15) is 13.8 Å². The lowest BCUT2D eigenvalue weighted by Gasteiger charge is -2.33. The first-order valence-electron chi connectivity index (χ1n) is 4.73. The molecule has 1 aliphatic rings. The van der Waals surface area contributed by atoms with Crippen LogP contribution in [0.15, 0.2) is 0 Å². The van der Waals surface area contributed by atoms with Gasteiger partial charge in [0.05, 0.1) is 6.54 Å². The Hall–Kier alpha value is -0.610. The molecule has 0 aromatic heterocycles. The Morgan fingerprint density at radius 2 is 2.31 bits per heavy atom. The molecule has 0 unspecified atom stereocenters. The number of amides is 1. The summed E-state index contributed by atoms with van der Waals surface area (Å²) in [7, 11) is 0. The number of nitrogens with one attached hydrogen (secondary N) is 1. The van der Waals surface area contributed by atoms with Crippen LogP contribution in [0.4, 0.5) is 0 Å². The predicted octanol–water partition coefficient (Wildman–Crippen LogP) is -0.597. The van der Waals surface area contributed by atoms with Crippen molar-refractivity contribution in [2.24, 2.45) is 11.1 Å². The largest absolute Gasteiger partial charge is 0.354 e. The molecule has 0 aliphatic carbocycles. The highest BCUT2D eigenvalue weighted by atomic mass is 16.2. The number of rotatable bonds is 3. The molecule has 76 valence electrons. The van der Waals surface area contributed by atoms with Crippen molar-refractivity contribution >= 4 is 5.91 Å². The summed E-state index contributed by atoms with van der Waals surface area (Å²) < 4.78 is 0. The lowest BCUT2D eigenvalue weighted by Crippen LogP contribution is -2.51. The number of nitrogens with two attached hydrogens (primary N) is 1. The quantitative estimate of drug-likeness (QED) is 0.617. The molecule has 1 aliphatic heterocycles. The molecule has 1 rings (SSSR count). The third kappa shape index (κ3) is 3.32. The van der Waals surface area contributed by atoms with Crippen molar-refractivity contribution in [1.29, 1.82) is 0 Å². The number of nitrogens with zero attached hydrogens (tertiary/aromatic N) is 1. The molecule has 0 atom stereocenters. The van der Waals surface area contributed by atoms with Gasteiger partial charge in [-0.05, 0) is 12.0 Å². The van der Waals surface area contributed by atoms with Crippen LogP contribution in [-0.4, -0.2) is 43.5 Å².